The Morgan fingerprint density at radius 3 is 2.08 bits per heavy atom. The Bertz CT molecular complexity index is 813. The fourth-order valence-corrected chi connectivity index (χ4v) is 3.10. The molecule has 2 aromatic rings. The summed E-state index contributed by atoms with van der Waals surface area (Å²) in [6.45, 7) is 0.824. The number of hydrogen-bond donors (Lipinski definition) is 1. The highest BCUT2D eigenvalue weighted by Crippen LogP contribution is 2.14. The molecule has 0 radical (unpaired) electrons. The third kappa shape index (κ3) is 4.88. The lowest BCUT2D eigenvalue weighted by molar-refractivity contribution is 0.0950. The highest BCUT2D eigenvalue weighted by molar-refractivity contribution is 7.89. The number of rotatable bonds is 7. The number of carbonyl (C=O) groups excluding carboxylic acids is 1. The molecule has 0 aliphatic carbocycles. The van der Waals surface area contributed by atoms with Crippen molar-refractivity contribution in [1.82, 2.24) is 9.62 Å². The molecule has 1 amide bonds. The van der Waals surface area contributed by atoms with Crippen LogP contribution in [0.4, 0.5) is 0 Å². The first-order valence-electron chi connectivity index (χ1n) is 7.72. The van der Waals surface area contributed by atoms with E-state index >= 15 is 0 Å². The van der Waals surface area contributed by atoms with E-state index in [0.717, 1.165) is 15.4 Å². The summed E-state index contributed by atoms with van der Waals surface area (Å²) >= 11 is 0. The summed E-state index contributed by atoms with van der Waals surface area (Å²) in [6, 6.07) is 13.6. The summed E-state index contributed by atoms with van der Waals surface area (Å²) < 4.78 is 30.2. The average Bonchev–Trinajstić information content (AvgIpc) is 2.61. The molecule has 134 valence electrons. The van der Waals surface area contributed by atoms with Crippen LogP contribution in [-0.2, 0) is 27.9 Å². The molecule has 7 heteroatoms. The number of carbonyl (C=O) groups is 1. The van der Waals surface area contributed by atoms with Crippen LogP contribution in [-0.4, -0.2) is 39.8 Å². The third-order valence-corrected chi connectivity index (χ3v) is 5.51. The van der Waals surface area contributed by atoms with Gasteiger partial charge < -0.3 is 10.1 Å². The van der Waals surface area contributed by atoms with Crippen LogP contribution in [0.3, 0.4) is 0 Å². The van der Waals surface area contributed by atoms with Gasteiger partial charge in [0, 0.05) is 33.3 Å². The monoisotopic (exact) mass is 362 g/mol. The first kappa shape index (κ1) is 19.1. The highest BCUT2D eigenvalue weighted by atomic mass is 32.2. The molecule has 0 aliphatic heterocycles. The maximum absolute atomic E-state index is 12.2. The number of hydrogen-bond acceptors (Lipinski definition) is 4. The summed E-state index contributed by atoms with van der Waals surface area (Å²) in [7, 11) is 1.15. The van der Waals surface area contributed by atoms with Gasteiger partial charge in [0.1, 0.15) is 0 Å². The van der Waals surface area contributed by atoms with E-state index in [1.807, 2.05) is 12.1 Å². The number of ether oxygens (including phenoxy) is 1. The molecule has 0 saturated carbocycles. The van der Waals surface area contributed by atoms with E-state index < -0.39 is 10.0 Å². The van der Waals surface area contributed by atoms with Gasteiger partial charge in [0.05, 0.1) is 11.5 Å². The molecule has 0 fully saturated rings. The number of nitrogens with zero attached hydrogens (tertiary/aromatic N) is 1. The van der Waals surface area contributed by atoms with Gasteiger partial charge in [-0.25, -0.2) is 12.7 Å². The summed E-state index contributed by atoms with van der Waals surface area (Å²) in [5, 5.41) is 2.82. The molecule has 0 unspecified atom stereocenters. The maximum Gasteiger partial charge on any atom is 0.251 e. The third-order valence-electron chi connectivity index (χ3n) is 3.68. The van der Waals surface area contributed by atoms with Gasteiger partial charge in [-0.05, 0) is 35.4 Å². The molecular formula is C18H22N2O4S. The number of nitrogens with one attached hydrogen (secondary N) is 1. The standard InChI is InChI=1S/C18H22N2O4S/c1-20(2)25(22,23)17-10-6-14(7-11-17)12-19-18(21)16-8-4-15(5-9-16)13-24-3/h4-11H,12-13H2,1-3H3,(H,19,21). The van der Waals surface area contributed by atoms with Crippen molar-refractivity contribution in [3.05, 3.63) is 65.2 Å². The Labute approximate surface area is 148 Å². The normalized spacial score (nSPS) is 11.5. The Kier molecular flexibility index (Phi) is 6.30. The first-order valence-corrected chi connectivity index (χ1v) is 9.16. The van der Waals surface area contributed by atoms with Gasteiger partial charge in [0.2, 0.25) is 10.0 Å². The van der Waals surface area contributed by atoms with Crippen LogP contribution in [0.1, 0.15) is 21.5 Å². The van der Waals surface area contributed by atoms with Gasteiger partial charge in [0.15, 0.2) is 0 Å². The molecule has 0 aliphatic rings. The first-order chi connectivity index (χ1) is 11.8. The Morgan fingerprint density at radius 1 is 1.00 bits per heavy atom. The van der Waals surface area contributed by atoms with Crippen LogP contribution in [0.25, 0.3) is 0 Å². The molecule has 0 heterocycles. The molecule has 2 rings (SSSR count). The zero-order chi connectivity index (χ0) is 18.4. The maximum atomic E-state index is 12.2. The summed E-state index contributed by atoms with van der Waals surface area (Å²) in [6.07, 6.45) is 0. The van der Waals surface area contributed by atoms with E-state index in [-0.39, 0.29) is 10.8 Å². The van der Waals surface area contributed by atoms with Crippen molar-refractivity contribution in [1.29, 1.82) is 0 Å². The molecule has 2 aromatic carbocycles. The van der Waals surface area contributed by atoms with Crippen LogP contribution in [0, 0.1) is 0 Å². The fraction of sp³-hybridized carbons (Fsp3) is 0.278. The van der Waals surface area contributed by atoms with E-state index in [0.29, 0.717) is 18.7 Å². The van der Waals surface area contributed by atoms with E-state index in [1.54, 1.807) is 31.4 Å². The van der Waals surface area contributed by atoms with Crippen LogP contribution >= 0.6 is 0 Å². The predicted molar refractivity (Wildman–Crippen MR) is 95.6 cm³/mol. The topological polar surface area (TPSA) is 75.7 Å². The minimum absolute atomic E-state index is 0.186. The van der Waals surface area contributed by atoms with Crippen molar-refractivity contribution < 1.29 is 17.9 Å². The van der Waals surface area contributed by atoms with Gasteiger partial charge in [-0.3, -0.25) is 4.79 Å². The van der Waals surface area contributed by atoms with Crippen LogP contribution in [0.15, 0.2) is 53.4 Å². The van der Waals surface area contributed by atoms with Crippen molar-refractivity contribution in [3.8, 4) is 0 Å². The molecule has 25 heavy (non-hydrogen) atoms. The smallest absolute Gasteiger partial charge is 0.251 e. The quantitative estimate of drug-likeness (QED) is 0.818. The predicted octanol–water partition coefficient (Wildman–Crippen LogP) is 2.01. The van der Waals surface area contributed by atoms with Crippen molar-refractivity contribution in [3.63, 3.8) is 0 Å². The molecular weight excluding hydrogens is 340 g/mol. The molecule has 0 atom stereocenters. The molecule has 0 spiro atoms. The van der Waals surface area contributed by atoms with Crippen molar-refractivity contribution in [2.45, 2.75) is 18.0 Å². The zero-order valence-electron chi connectivity index (χ0n) is 14.5. The van der Waals surface area contributed by atoms with Crippen molar-refractivity contribution in [2.24, 2.45) is 0 Å². The molecule has 1 N–H and O–H groups in total. The summed E-state index contributed by atoms with van der Waals surface area (Å²) in [5.74, 6) is -0.186. The number of methoxy groups -OCH3 is 1. The van der Waals surface area contributed by atoms with E-state index in [2.05, 4.69) is 5.32 Å². The second kappa shape index (κ2) is 8.24. The second-order valence-corrected chi connectivity index (χ2v) is 7.90. The molecule has 0 saturated heterocycles. The minimum atomic E-state index is -3.44. The van der Waals surface area contributed by atoms with Gasteiger partial charge in [0.25, 0.3) is 5.91 Å². The largest absolute Gasteiger partial charge is 0.380 e. The van der Waals surface area contributed by atoms with Crippen LogP contribution < -0.4 is 5.32 Å². The van der Waals surface area contributed by atoms with Crippen LogP contribution in [0.2, 0.25) is 0 Å². The SMILES string of the molecule is COCc1ccc(C(=O)NCc2ccc(S(=O)(=O)N(C)C)cc2)cc1. The van der Waals surface area contributed by atoms with Gasteiger partial charge in [-0.2, -0.15) is 0 Å². The van der Waals surface area contributed by atoms with Gasteiger partial charge in [-0.1, -0.05) is 24.3 Å². The molecule has 0 bridgehead atoms. The van der Waals surface area contributed by atoms with E-state index in [9.17, 15) is 13.2 Å². The lowest BCUT2D eigenvalue weighted by Gasteiger charge is -2.12. The fourth-order valence-electron chi connectivity index (χ4n) is 2.19. The molecule has 0 aromatic heterocycles. The number of amides is 1. The van der Waals surface area contributed by atoms with Gasteiger partial charge in [-0.15, -0.1) is 0 Å². The lowest BCUT2D eigenvalue weighted by atomic mass is 10.1. The summed E-state index contributed by atoms with van der Waals surface area (Å²) in [4.78, 5) is 12.4. The number of sulfonamides is 1. The van der Waals surface area contributed by atoms with Crippen molar-refractivity contribution in [2.75, 3.05) is 21.2 Å². The second-order valence-electron chi connectivity index (χ2n) is 5.74. The van der Waals surface area contributed by atoms with Crippen molar-refractivity contribution >= 4 is 15.9 Å². The van der Waals surface area contributed by atoms with E-state index in [4.69, 9.17) is 4.74 Å². The minimum Gasteiger partial charge on any atom is -0.380 e. The molecule has 6 nitrogen and oxygen atoms in total. The summed E-state index contributed by atoms with van der Waals surface area (Å²) in [5.41, 5.74) is 2.38. The van der Waals surface area contributed by atoms with Gasteiger partial charge >= 0.3 is 0 Å². The average molecular weight is 362 g/mol. The Balaban J connectivity index is 1.98. The Hall–Kier alpha value is -2.22. The van der Waals surface area contributed by atoms with Crippen LogP contribution in [0.5, 0.6) is 0 Å². The number of benzene rings is 2. The van der Waals surface area contributed by atoms with E-state index in [1.165, 1.54) is 26.2 Å². The highest BCUT2D eigenvalue weighted by Gasteiger charge is 2.16. The lowest BCUT2D eigenvalue weighted by Crippen LogP contribution is -2.23. The zero-order valence-corrected chi connectivity index (χ0v) is 15.3. The Morgan fingerprint density at radius 2 is 1.56 bits per heavy atom.